The van der Waals surface area contributed by atoms with Crippen LogP contribution in [0.5, 0.6) is 0 Å². The van der Waals surface area contributed by atoms with Crippen molar-refractivity contribution in [3.05, 3.63) is 17.5 Å². The lowest BCUT2D eigenvalue weighted by atomic mass is 9.69. The fourth-order valence-corrected chi connectivity index (χ4v) is 3.79. The number of aromatic nitrogens is 1. The van der Waals surface area contributed by atoms with E-state index in [1.807, 2.05) is 4.90 Å². The van der Waals surface area contributed by atoms with E-state index in [0.29, 0.717) is 11.6 Å². The number of likely N-dealkylation sites (tertiary alicyclic amines) is 1. The zero-order valence-electron chi connectivity index (χ0n) is 12.6. The molecule has 22 heavy (non-hydrogen) atoms. The van der Waals surface area contributed by atoms with Crippen LogP contribution in [0.1, 0.15) is 67.1 Å². The van der Waals surface area contributed by atoms with E-state index in [-0.39, 0.29) is 17.5 Å². The molecule has 1 saturated heterocycles. The van der Waals surface area contributed by atoms with Crippen molar-refractivity contribution in [2.75, 3.05) is 6.54 Å². The Labute approximate surface area is 129 Å². The summed E-state index contributed by atoms with van der Waals surface area (Å²) < 4.78 is 5.24. The Morgan fingerprint density at radius 3 is 2.86 bits per heavy atom. The fourth-order valence-electron chi connectivity index (χ4n) is 3.79. The van der Waals surface area contributed by atoms with Gasteiger partial charge in [0.1, 0.15) is 5.76 Å². The van der Waals surface area contributed by atoms with Crippen LogP contribution in [0.2, 0.25) is 0 Å². The van der Waals surface area contributed by atoms with Gasteiger partial charge >= 0.3 is 0 Å². The van der Waals surface area contributed by atoms with Crippen molar-refractivity contribution in [2.24, 2.45) is 0 Å². The fraction of sp³-hybridized carbons (Fsp3) is 0.688. The van der Waals surface area contributed by atoms with Gasteiger partial charge in [-0.2, -0.15) is 0 Å². The van der Waals surface area contributed by atoms with Gasteiger partial charge in [0.05, 0.1) is 0 Å². The number of carbonyl (C=O) groups is 2. The first-order valence-electron chi connectivity index (χ1n) is 8.20. The van der Waals surface area contributed by atoms with E-state index < -0.39 is 0 Å². The summed E-state index contributed by atoms with van der Waals surface area (Å²) >= 11 is 0. The van der Waals surface area contributed by atoms with Crippen molar-refractivity contribution in [3.8, 4) is 0 Å². The normalized spacial score (nSPS) is 26.5. The van der Waals surface area contributed by atoms with Crippen molar-refractivity contribution in [2.45, 2.75) is 62.4 Å². The van der Waals surface area contributed by atoms with Crippen molar-refractivity contribution >= 4 is 12.3 Å². The number of hydrogen-bond acceptors (Lipinski definition) is 4. The predicted molar refractivity (Wildman–Crippen MR) is 78.3 cm³/mol. The molecule has 1 aromatic rings. The second-order valence-electron chi connectivity index (χ2n) is 6.93. The molecule has 6 heteroatoms. The van der Waals surface area contributed by atoms with E-state index in [4.69, 9.17) is 4.52 Å². The topological polar surface area (TPSA) is 75.4 Å². The van der Waals surface area contributed by atoms with Crippen LogP contribution in [0, 0.1) is 0 Å². The number of carbonyl (C=O) groups excluding carboxylic acids is 2. The molecular formula is C16H21N3O3. The summed E-state index contributed by atoms with van der Waals surface area (Å²) in [6.07, 6.45) is 8.15. The van der Waals surface area contributed by atoms with E-state index in [1.165, 1.54) is 6.42 Å². The molecule has 2 amide bonds. The third-order valence-electron chi connectivity index (χ3n) is 5.44. The third-order valence-corrected chi connectivity index (χ3v) is 5.44. The lowest BCUT2D eigenvalue weighted by molar-refractivity contribution is -0.131. The minimum atomic E-state index is -0.158. The highest BCUT2D eigenvalue weighted by Gasteiger charge is 2.46. The number of nitrogens with zero attached hydrogens (tertiary/aromatic N) is 2. The molecule has 3 aliphatic rings. The summed E-state index contributed by atoms with van der Waals surface area (Å²) in [6, 6.07) is 1.89. The first kappa shape index (κ1) is 13.8. The van der Waals surface area contributed by atoms with Crippen molar-refractivity contribution in [3.63, 3.8) is 0 Å². The Bertz CT molecular complexity index is 589. The van der Waals surface area contributed by atoms with Gasteiger partial charge in [-0.15, -0.1) is 0 Å². The summed E-state index contributed by atoms with van der Waals surface area (Å²) in [5.74, 6) is 1.13. The van der Waals surface area contributed by atoms with Gasteiger partial charge in [0, 0.05) is 30.1 Å². The molecule has 1 spiro atoms. The van der Waals surface area contributed by atoms with Crippen LogP contribution in [0.15, 0.2) is 10.6 Å². The SMILES string of the molecule is O=CN1CCC(NC(=O)c2cc(C3CC3)on2)CC12CCC2. The van der Waals surface area contributed by atoms with Crippen LogP contribution in [0.25, 0.3) is 0 Å². The maximum absolute atomic E-state index is 12.3. The maximum atomic E-state index is 12.3. The Hall–Kier alpha value is -1.85. The Kier molecular flexibility index (Phi) is 3.20. The zero-order chi connectivity index (χ0) is 15.2. The molecule has 4 rings (SSSR count). The second kappa shape index (κ2) is 5.11. The highest BCUT2D eigenvalue weighted by molar-refractivity contribution is 5.92. The molecule has 6 nitrogen and oxygen atoms in total. The van der Waals surface area contributed by atoms with E-state index in [1.54, 1.807) is 6.07 Å². The van der Waals surface area contributed by atoms with Crippen LogP contribution >= 0.6 is 0 Å². The highest BCUT2D eigenvalue weighted by Crippen LogP contribution is 2.43. The lowest BCUT2D eigenvalue weighted by Crippen LogP contribution is -2.61. The van der Waals surface area contributed by atoms with E-state index in [0.717, 1.165) is 57.2 Å². The predicted octanol–water partition coefficient (Wildman–Crippen LogP) is 1.83. The van der Waals surface area contributed by atoms with Gasteiger partial charge in [-0.3, -0.25) is 9.59 Å². The molecular weight excluding hydrogens is 282 g/mol. The van der Waals surface area contributed by atoms with Gasteiger partial charge < -0.3 is 14.7 Å². The maximum Gasteiger partial charge on any atom is 0.273 e. The summed E-state index contributed by atoms with van der Waals surface area (Å²) in [5, 5.41) is 6.96. The Morgan fingerprint density at radius 1 is 1.41 bits per heavy atom. The van der Waals surface area contributed by atoms with Gasteiger partial charge in [-0.05, 0) is 44.9 Å². The molecule has 2 heterocycles. The number of piperidine rings is 1. The summed E-state index contributed by atoms with van der Waals surface area (Å²) in [5.41, 5.74) is 0.364. The molecule has 2 aliphatic carbocycles. The van der Waals surface area contributed by atoms with Crippen molar-refractivity contribution in [1.29, 1.82) is 0 Å². The van der Waals surface area contributed by atoms with Gasteiger partial charge in [0.15, 0.2) is 5.69 Å². The number of amides is 2. The average Bonchev–Trinajstić information content (AvgIpc) is 3.22. The molecule has 3 fully saturated rings. The van der Waals surface area contributed by atoms with Crippen molar-refractivity contribution in [1.82, 2.24) is 15.4 Å². The summed E-state index contributed by atoms with van der Waals surface area (Å²) in [4.78, 5) is 25.5. The molecule has 1 aliphatic heterocycles. The van der Waals surface area contributed by atoms with Crippen LogP contribution < -0.4 is 5.32 Å². The molecule has 0 bridgehead atoms. The zero-order valence-corrected chi connectivity index (χ0v) is 12.6. The lowest BCUT2D eigenvalue weighted by Gasteiger charge is -2.53. The average molecular weight is 303 g/mol. The monoisotopic (exact) mass is 303 g/mol. The van der Waals surface area contributed by atoms with Crippen LogP contribution in [-0.2, 0) is 4.79 Å². The Morgan fingerprint density at radius 2 is 2.23 bits per heavy atom. The van der Waals surface area contributed by atoms with E-state index in [2.05, 4.69) is 10.5 Å². The minimum Gasteiger partial charge on any atom is -0.360 e. The highest BCUT2D eigenvalue weighted by atomic mass is 16.5. The van der Waals surface area contributed by atoms with Gasteiger partial charge in [-0.25, -0.2) is 0 Å². The van der Waals surface area contributed by atoms with Crippen LogP contribution in [-0.4, -0.2) is 40.5 Å². The second-order valence-corrected chi connectivity index (χ2v) is 6.93. The van der Waals surface area contributed by atoms with E-state index >= 15 is 0 Å². The number of hydrogen-bond donors (Lipinski definition) is 1. The van der Waals surface area contributed by atoms with E-state index in [9.17, 15) is 9.59 Å². The quantitative estimate of drug-likeness (QED) is 0.861. The van der Waals surface area contributed by atoms with Crippen LogP contribution in [0.4, 0.5) is 0 Å². The van der Waals surface area contributed by atoms with Gasteiger partial charge in [0.25, 0.3) is 5.91 Å². The smallest absolute Gasteiger partial charge is 0.273 e. The molecule has 1 aromatic heterocycles. The molecule has 2 saturated carbocycles. The minimum absolute atomic E-state index is 0.0130. The Balaban J connectivity index is 1.40. The first-order valence-corrected chi connectivity index (χ1v) is 8.20. The van der Waals surface area contributed by atoms with Crippen molar-refractivity contribution < 1.29 is 14.1 Å². The molecule has 0 radical (unpaired) electrons. The molecule has 1 atom stereocenters. The first-order chi connectivity index (χ1) is 10.7. The standard InChI is InChI=1S/C16H21N3O3/c20-10-19-7-4-12(9-16(19)5-1-6-16)17-15(21)13-8-14(22-18-13)11-2-3-11/h8,10-12H,1-7,9H2,(H,17,21). The molecule has 118 valence electrons. The summed E-state index contributed by atoms with van der Waals surface area (Å²) in [7, 11) is 0. The van der Waals surface area contributed by atoms with Gasteiger partial charge in [0.2, 0.25) is 6.41 Å². The molecule has 1 unspecified atom stereocenters. The van der Waals surface area contributed by atoms with Gasteiger partial charge in [-0.1, -0.05) is 5.16 Å². The molecule has 0 aromatic carbocycles. The third kappa shape index (κ3) is 2.30. The number of nitrogens with one attached hydrogen (secondary N) is 1. The summed E-state index contributed by atoms with van der Waals surface area (Å²) in [6.45, 7) is 0.723. The number of rotatable bonds is 4. The molecule has 1 N–H and O–H groups in total. The largest absolute Gasteiger partial charge is 0.360 e. The van der Waals surface area contributed by atoms with Crippen LogP contribution in [0.3, 0.4) is 0 Å².